The Morgan fingerprint density at radius 3 is 2.52 bits per heavy atom. The zero-order valence-corrected chi connectivity index (χ0v) is 13.3. The smallest absolute Gasteiger partial charge is 0.251 e. The lowest BCUT2D eigenvalue weighted by Gasteiger charge is -2.37. The third-order valence-electron chi connectivity index (χ3n) is 4.94. The fraction of sp³-hybridized carbons (Fsp3) is 0.556. The lowest BCUT2D eigenvalue weighted by Crippen LogP contribution is -2.46. The van der Waals surface area contributed by atoms with Crippen molar-refractivity contribution in [3.05, 3.63) is 35.6 Å². The first-order valence-electron chi connectivity index (χ1n) is 8.46. The summed E-state index contributed by atoms with van der Waals surface area (Å²) < 4.78 is 12.9. The number of carbonyl (C=O) groups is 2. The van der Waals surface area contributed by atoms with E-state index in [4.69, 9.17) is 0 Å². The number of hydrogen-bond acceptors (Lipinski definition) is 2. The molecule has 124 valence electrons. The molecule has 0 aromatic heterocycles. The summed E-state index contributed by atoms with van der Waals surface area (Å²) in [4.78, 5) is 26.4. The molecule has 4 nitrogen and oxygen atoms in total. The molecule has 1 aromatic carbocycles. The van der Waals surface area contributed by atoms with Gasteiger partial charge in [0.25, 0.3) is 5.91 Å². The molecule has 2 aliphatic rings. The van der Waals surface area contributed by atoms with E-state index in [1.165, 1.54) is 30.7 Å². The Morgan fingerprint density at radius 1 is 1.13 bits per heavy atom. The van der Waals surface area contributed by atoms with Crippen molar-refractivity contribution < 1.29 is 14.0 Å². The van der Waals surface area contributed by atoms with Crippen molar-refractivity contribution in [1.82, 2.24) is 10.2 Å². The van der Waals surface area contributed by atoms with Gasteiger partial charge in [-0.05, 0) is 55.9 Å². The van der Waals surface area contributed by atoms with E-state index in [-0.39, 0.29) is 17.6 Å². The van der Waals surface area contributed by atoms with Gasteiger partial charge in [0.15, 0.2) is 0 Å². The molecule has 2 fully saturated rings. The maximum absolute atomic E-state index is 12.9. The summed E-state index contributed by atoms with van der Waals surface area (Å²) in [6.07, 6.45) is 5.25. The summed E-state index contributed by atoms with van der Waals surface area (Å²) in [6, 6.07) is 5.54. The summed E-state index contributed by atoms with van der Waals surface area (Å²) in [7, 11) is 0. The molecule has 0 radical (unpaired) electrons. The molecule has 1 saturated heterocycles. The minimum Gasteiger partial charge on any atom is -0.352 e. The van der Waals surface area contributed by atoms with Crippen molar-refractivity contribution in [3.8, 4) is 0 Å². The number of piperidine rings is 1. The van der Waals surface area contributed by atoms with Gasteiger partial charge < -0.3 is 10.2 Å². The Labute approximate surface area is 136 Å². The minimum atomic E-state index is -0.348. The van der Waals surface area contributed by atoms with E-state index in [2.05, 4.69) is 5.32 Å². The normalized spacial score (nSPS) is 21.6. The van der Waals surface area contributed by atoms with Gasteiger partial charge in [-0.1, -0.05) is 6.42 Å². The van der Waals surface area contributed by atoms with Crippen molar-refractivity contribution in [2.45, 2.75) is 32.1 Å². The SMILES string of the molecule is O=C(NC[C@@H]1CCCN(C(=O)C2CCC2)C1)c1ccc(F)cc1. The van der Waals surface area contributed by atoms with E-state index < -0.39 is 0 Å². The van der Waals surface area contributed by atoms with Crippen LogP contribution in [0.3, 0.4) is 0 Å². The van der Waals surface area contributed by atoms with E-state index in [1.54, 1.807) is 0 Å². The molecule has 23 heavy (non-hydrogen) atoms. The number of halogens is 1. The van der Waals surface area contributed by atoms with Crippen molar-refractivity contribution in [3.63, 3.8) is 0 Å². The number of likely N-dealkylation sites (tertiary alicyclic amines) is 1. The van der Waals surface area contributed by atoms with E-state index in [0.29, 0.717) is 23.9 Å². The predicted molar refractivity (Wildman–Crippen MR) is 85.4 cm³/mol. The van der Waals surface area contributed by atoms with E-state index >= 15 is 0 Å². The first-order chi connectivity index (χ1) is 11.1. The van der Waals surface area contributed by atoms with Gasteiger partial charge in [-0.2, -0.15) is 0 Å². The molecule has 1 aliphatic carbocycles. The molecule has 1 aliphatic heterocycles. The summed E-state index contributed by atoms with van der Waals surface area (Å²) in [5.41, 5.74) is 0.463. The largest absolute Gasteiger partial charge is 0.352 e. The lowest BCUT2D eigenvalue weighted by molar-refractivity contribution is -0.139. The predicted octanol–water partition coefficient (Wildman–Crippen LogP) is 2.59. The Kier molecular flexibility index (Phi) is 4.94. The van der Waals surface area contributed by atoms with Gasteiger partial charge >= 0.3 is 0 Å². The molecule has 0 unspecified atom stereocenters. The highest BCUT2D eigenvalue weighted by Crippen LogP contribution is 2.29. The first-order valence-corrected chi connectivity index (χ1v) is 8.46. The summed E-state index contributed by atoms with van der Waals surface area (Å²) >= 11 is 0. The summed E-state index contributed by atoms with van der Waals surface area (Å²) in [6.45, 7) is 2.14. The van der Waals surface area contributed by atoms with Crippen LogP contribution in [0.15, 0.2) is 24.3 Å². The van der Waals surface area contributed by atoms with E-state index in [1.807, 2.05) is 4.90 Å². The molecule has 1 aromatic rings. The standard InChI is InChI=1S/C18H23FN2O2/c19-16-8-6-14(7-9-16)17(22)20-11-13-3-2-10-21(12-13)18(23)15-4-1-5-15/h6-9,13,15H,1-5,10-12H2,(H,20,22)/t13-/m0/s1. The number of rotatable bonds is 4. The molecule has 1 saturated carbocycles. The fourth-order valence-corrected chi connectivity index (χ4v) is 3.29. The van der Waals surface area contributed by atoms with Gasteiger partial charge in [-0.3, -0.25) is 9.59 Å². The third kappa shape index (κ3) is 3.89. The zero-order valence-electron chi connectivity index (χ0n) is 13.3. The number of nitrogens with one attached hydrogen (secondary N) is 1. The summed E-state index contributed by atoms with van der Waals surface area (Å²) in [5, 5.41) is 2.91. The number of carbonyl (C=O) groups excluding carboxylic acids is 2. The van der Waals surface area contributed by atoms with Crippen molar-refractivity contribution >= 4 is 11.8 Å². The van der Waals surface area contributed by atoms with Crippen LogP contribution in [0, 0.1) is 17.7 Å². The first kappa shape index (κ1) is 16.0. The number of benzene rings is 1. The molecular formula is C18H23FN2O2. The molecule has 1 heterocycles. The maximum Gasteiger partial charge on any atom is 0.251 e. The van der Waals surface area contributed by atoms with Gasteiger partial charge in [0.1, 0.15) is 5.82 Å². The van der Waals surface area contributed by atoms with E-state index in [0.717, 1.165) is 38.8 Å². The van der Waals surface area contributed by atoms with Crippen LogP contribution in [0.1, 0.15) is 42.5 Å². The Bertz CT molecular complexity index is 569. The quantitative estimate of drug-likeness (QED) is 0.927. The van der Waals surface area contributed by atoms with E-state index in [9.17, 15) is 14.0 Å². The van der Waals surface area contributed by atoms with Gasteiger partial charge in [0.2, 0.25) is 5.91 Å². The lowest BCUT2D eigenvalue weighted by atomic mass is 9.83. The minimum absolute atomic E-state index is 0.188. The number of nitrogens with zero attached hydrogens (tertiary/aromatic N) is 1. The van der Waals surface area contributed by atoms with Crippen molar-refractivity contribution in [2.75, 3.05) is 19.6 Å². The Balaban J connectivity index is 1.48. The zero-order chi connectivity index (χ0) is 16.2. The second-order valence-corrected chi connectivity index (χ2v) is 6.64. The second-order valence-electron chi connectivity index (χ2n) is 6.64. The van der Waals surface area contributed by atoms with Crippen LogP contribution < -0.4 is 5.32 Å². The highest BCUT2D eigenvalue weighted by atomic mass is 19.1. The molecule has 1 N–H and O–H groups in total. The second kappa shape index (κ2) is 7.11. The number of amides is 2. The molecule has 0 bridgehead atoms. The average Bonchev–Trinajstić information content (AvgIpc) is 2.52. The maximum atomic E-state index is 12.9. The van der Waals surface area contributed by atoms with Crippen LogP contribution in [0.25, 0.3) is 0 Å². The Hall–Kier alpha value is -1.91. The highest BCUT2D eigenvalue weighted by molar-refractivity contribution is 5.94. The van der Waals surface area contributed by atoms with Crippen LogP contribution >= 0.6 is 0 Å². The average molecular weight is 318 g/mol. The van der Waals surface area contributed by atoms with Gasteiger partial charge in [-0.15, -0.1) is 0 Å². The molecule has 2 amide bonds. The van der Waals surface area contributed by atoms with Crippen molar-refractivity contribution in [2.24, 2.45) is 11.8 Å². The fourth-order valence-electron chi connectivity index (χ4n) is 3.29. The van der Waals surface area contributed by atoms with Crippen LogP contribution in [0.4, 0.5) is 4.39 Å². The molecule has 0 spiro atoms. The van der Waals surface area contributed by atoms with Crippen LogP contribution in [0.2, 0.25) is 0 Å². The molecule has 5 heteroatoms. The van der Waals surface area contributed by atoms with Gasteiger partial charge in [0, 0.05) is 31.1 Å². The summed E-state index contributed by atoms with van der Waals surface area (Å²) in [5.74, 6) is 0.303. The van der Waals surface area contributed by atoms with Crippen LogP contribution in [0.5, 0.6) is 0 Å². The van der Waals surface area contributed by atoms with Gasteiger partial charge in [0.05, 0.1) is 0 Å². The molecule has 1 atom stereocenters. The van der Waals surface area contributed by atoms with Crippen LogP contribution in [-0.2, 0) is 4.79 Å². The van der Waals surface area contributed by atoms with Gasteiger partial charge in [-0.25, -0.2) is 4.39 Å². The van der Waals surface area contributed by atoms with Crippen LogP contribution in [-0.4, -0.2) is 36.3 Å². The molecule has 3 rings (SSSR count). The highest BCUT2D eigenvalue weighted by Gasteiger charge is 2.32. The Morgan fingerprint density at radius 2 is 1.87 bits per heavy atom. The third-order valence-corrected chi connectivity index (χ3v) is 4.94. The monoisotopic (exact) mass is 318 g/mol. The topological polar surface area (TPSA) is 49.4 Å². The molecular weight excluding hydrogens is 295 g/mol. The van der Waals surface area contributed by atoms with Crippen molar-refractivity contribution in [1.29, 1.82) is 0 Å². The number of hydrogen-bond donors (Lipinski definition) is 1.